The molecular formula is C23H30N2O5. The van der Waals surface area contributed by atoms with Crippen LogP contribution in [0.4, 0.5) is 5.69 Å². The van der Waals surface area contributed by atoms with E-state index in [0.29, 0.717) is 55.5 Å². The lowest BCUT2D eigenvalue weighted by Gasteiger charge is -2.20. The highest BCUT2D eigenvalue weighted by molar-refractivity contribution is 5.94. The quantitative estimate of drug-likeness (QED) is 0.536. The summed E-state index contributed by atoms with van der Waals surface area (Å²) in [5.74, 6) is 1.68. The summed E-state index contributed by atoms with van der Waals surface area (Å²) in [5.41, 5.74) is 0.629. The molecule has 7 heteroatoms. The normalized spacial score (nSPS) is 10.2. The molecule has 0 spiro atoms. The van der Waals surface area contributed by atoms with E-state index in [-0.39, 0.29) is 18.4 Å². The molecule has 0 fully saturated rings. The van der Waals surface area contributed by atoms with Gasteiger partial charge in [0.05, 0.1) is 26.9 Å². The van der Waals surface area contributed by atoms with Gasteiger partial charge in [-0.15, -0.1) is 0 Å². The van der Waals surface area contributed by atoms with Crippen molar-refractivity contribution in [3.63, 3.8) is 0 Å². The number of nitrogens with one attached hydrogen (secondary N) is 1. The summed E-state index contributed by atoms with van der Waals surface area (Å²) in [4.78, 5) is 26.3. The van der Waals surface area contributed by atoms with Crippen LogP contribution in [-0.2, 0) is 9.59 Å². The molecule has 0 radical (unpaired) electrons. The maximum absolute atomic E-state index is 12.5. The minimum absolute atomic E-state index is 0.000569. The van der Waals surface area contributed by atoms with Crippen LogP contribution < -0.4 is 19.5 Å². The lowest BCUT2D eigenvalue weighted by molar-refractivity contribution is -0.134. The van der Waals surface area contributed by atoms with Gasteiger partial charge in [-0.05, 0) is 44.5 Å². The van der Waals surface area contributed by atoms with Gasteiger partial charge in [0.1, 0.15) is 5.75 Å². The average Bonchev–Trinajstić information content (AvgIpc) is 2.76. The highest BCUT2D eigenvalue weighted by Crippen LogP contribution is 2.26. The topological polar surface area (TPSA) is 77.1 Å². The van der Waals surface area contributed by atoms with Gasteiger partial charge >= 0.3 is 0 Å². The first-order valence-corrected chi connectivity index (χ1v) is 10.1. The van der Waals surface area contributed by atoms with Crippen LogP contribution in [-0.4, -0.2) is 50.1 Å². The molecule has 0 atom stereocenters. The first-order chi connectivity index (χ1) is 14.6. The number of ether oxygens (including phenoxy) is 3. The average molecular weight is 415 g/mol. The maximum atomic E-state index is 12.5. The van der Waals surface area contributed by atoms with Crippen molar-refractivity contribution in [2.45, 2.75) is 26.7 Å². The summed E-state index contributed by atoms with van der Waals surface area (Å²) in [6, 6.07) is 14.5. The second-order valence-corrected chi connectivity index (χ2v) is 6.52. The summed E-state index contributed by atoms with van der Waals surface area (Å²) in [6.45, 7) is 5.18. The van der Waals surface area contributed by atoms with E-state index >= 15 is 0 Å². The number of anilines is 1. The number of carbonyl (C=O) groups excluding carboxylic acids is 2. The Labute approximate surface area is 177 Å². The largest absolute Gasteiger partial charge is 0.497 e. The van der Waals surface area contributed by atoms with E-state index in [9.17, 15) is 9.59 Å². The van der Waals surface area contributed by atoms with Crippen LogP contribution in [0.15, 0.2) is 48.5 Å². The summed E-state index contributed by atoms with van der Waals surface area (Å²) in [6.07, 6.45) is 0.852. The summed E-state index contributed by atoms with van der Waals surface area (Å²) >= 11 is 0. The van der Waals surface area contributed by atoms with Crippen molar-refractivity contribution in [2.75, 3.05) is 38.7 Å². The molecule has 1 N–H and O–H groups in total. The number of nitrogens with zero attached hydrogens (tertiary/aromatic N) is 1. The van der Waals surface area contributed by atoms with Gasteiger partial charge in [-0.1, -0.05) is 18.2 Å². The Balaban J connectivity index is 1.78. The van der Waals surface area contributed by atoms with Gasteiger partial charge in [0.15, 0.2) is 11.5 Å². The van der Waals surface area contributed by atoms with Crippen molar-refractivity contribution in [1.29, 1.82) is 0 Å². The Morgan fingerprint density at radius 1 is 1.00 bits per heavy atom. The van der Waals surface area contributed by atoms with Crippen LogP contribution in [0.3, 0.4) is 0 Å². The van der Waals surface area contributed by atoms with Gasteiger partial charge in [-0.3, -0.25) is 9.59 Å². The van der Waals surface area contributed by atoms with Crippen molar-refractivity contribution in [1.82, 2.24) is 4.90 Å². The molecule has 7 nitrogen and oxygen atoms in total. The molecule has 2 aromatic rings. The SMILES string of the molecule is CCOc1ccccc1OCCCC(=O)N(CC)CC(=O)Nc1cccc(OC)c1. The van der Waals surface area contributed by atoms with Crippen LogP contribution in [0.2, 0.25) is 0 Å². The lowest BCUT2D eigenvalue weighted by atomic mass is 10.2. The van der Waals surface area contributed by atoms with Crippen LogP contribution in [0.1, 0.15) is 26.7 Å². The Hall–Kier alpha value is -3.22. The highest BCUT2D eigenvalue weighted by Gasteiger charge is 2.16. The molecule has 2 rings (SSSR count). The number of hydrogen-bond donors (Lipinski definition) is 1. The van der Waals surface area contributed by atoms with E-state index in [1.54, 1.807) is 31.4 Å². The number of methoxy groups -OCH3 is 1. The van der Waals surface area contributed by atoms with Crippen molar-refractivity contribution >= 4 is 17.5 Å². The zero-order valence-corrected chi connectivity index (χ0v) is 17.8. The van der Waals surface area contributed by atoms with Gasteiger partial charge in [0.25, 0.3) is 0 Å². The van der Waals surface area contributed by atoms with Gasteiger partial charge in [0, 0.05) is 24.7 Å². The second kappa shape index (κ2) is 12.4. The third-order valence-corrected chi connectivity index (χ3v) is 4.36. The van der Waals surface area contributed by atoms with Gasteiger partial charge < -0.3 is 24.4 Å². The molecule has 0 saturated heterocycles. The molecule has 0 aliphatic heterocycles. The summed E-state index contributed by atoms with van der Waals surface area (Å²) in [5, 5.41) is 2.79. The predicted octanol–water partition coefficient (Wildman–Crippen LogP) is 3.74. The lowest BCUT2D eigenvalue weighted by Crippen LogP contribution is -2.37. The summed E-state index contributed by atoms with van der Waals surface area (Å²) in [7, 11) is 1.57. The van der Waals surface area contributed by atoms with Gasteiger partial charge in [-0.2, -0.15) is 0 Å². The van der Waals surface area contributed by atoms with E-state index in [4.69, 9.17) is 14.2 Å². The Morgan fingerprint density at radius 3 is 2.40 bits per heavy atom. The minimum atomic E-state index is -0.250. The molecule has 0 aliphatic rings. The van der Waals surface area contributed by atoms with E-state index in [1.807, 2.05) is 38.1 Å². The Morgan fingerprint density at radius 2 is 1.73 bits per heavy atom. The number of para-hydroxylation sites is 2. The number of carbonyl (C=O) groups is 2. The predicted molar refractivity (Wildman–Crippen MR) is 116 cm³/mol. The fourth-order valence-corrected chi connectivity index (χ4v) is 2.86. The monoisotopic (exact) mass is 414 g/mol. The van der Waals surface area contributed by atoms with Crippen molar-refractivity contribution < 1.29 is 23.8 Å². The Kier molecular flexibility index (Phi) is 9.51. The molecule has 0 bridgehead atoms. The van der Waals surface area contributed by atoms with E-state index in [0.717, 1.165) is 0 Å². The van der Waals surface area contributed by atoms with E-state index < -0.39 is 0 Å². The van der Waals surface area contributed by atoms with Crippen molar-refractivity contribution in [3.8, 4) is 17.2 Å². The van der Waals surface area contributed by atoms with Crippen molar-refractivity contribution in [3.05, 3.63) is 48.5 Å². The summed E-state index contributed by atoms with van der Waals surface area (Å²) < 4.78 is 16.4. The number of amides is 2. The fourth-order valence-electron chi connectivity index (χ4n) is 2.86. The van der Waals surface area contributed by atoms with E-state index in [2.05, 4.69) is 5.32 Å². The molecule has 0 saturated carbocycles. The fraction of sp³-hybridized carbons (Fsp3) is 0.391. The standard InChI is InChI=1S/C23H30N2O5/c1-4-25(17-22(26)24-18-10-8-11-19(16-18)28-3)23(27)14-9-15-30-21-13-7-6-12-20(21)29-5-2/h6-8,10-13,16H,4-5,9,14-15,17H2,1-3H3,(H,24,26). The molecule has 0 aliphatic carbocycles. The molecule has 0 unspecified atom stereocenters. The van der Waals surface area contributed by atoms with Crippen LogP contribution in [0, 0.1) is 0 Å². The third-order valence-electron chi connectivity index (χ3n) is 4.36. The number of rotatable bonds is 12. The van der Waals surface area contributed by atoms with Gasteiger partial charge in [0.2, 0.25) is 11.8 Å². The van der Waals surface area contributed by atoms with Crippen LogP contribution in [0.5, 0.6) is 17.2 Å². The molecule has 0 aromatic heterocycles. The molecular weight excluding hydrogens is 384 g/mol. The number of benzene rings is 2. The number of likely N-dealkylation sites (N-methyl/N-ethyl adjacent to an activating group) is 1. The van der Waals surface area contributed by atoms with Crippen molar-refractivity contribution in [2.24, 2.45) is 0 Å². The molecule has 2 amide bonds. The zero-order chi connectivity index (χ0) is 21.8. The third kappa shape index (κ3) is 7.31. The first-order valence-electron chi connectivity index (χ1n) is 10.1. The molecule has 30 heavy (non-hydrogen) atoms. The van der Waals surface area contributed by atoms with Crippen LogP contribution in [0.25, 0.3) is 0 Å². The first kappa shape index (κ1) is 23.1. The smallest absolute Gasteiger partial charge is 0.243 e. The maximum Gasteiger partial charge on any atom is 0.243 e. The Bertz CT molecular complexity index is 825. The zero-order valence-electron chi connectivity index (χ0n) is 17.8. The molecule has 0 heterocycles. The van der Waals surface area contributed by atoms with E-state index in [1.165, 1.54) is 4.90 Å². The molecule has 2 aromatic carbocycles. The van der Waals surface area contributed by atoms with Gasteiger partial charge in [-0.25, -0.2) is 0 Å². The number of hydrogen-bond acceptors (Lipinski definition) is 5. The minimum Gasteiger partial charge on any atom is -0.497 e. The highest BCUT2D eigenvalue weighted by atomic mass is 16.5. The van der Waals surface area contributed by atoms with Crippen LogP contribution >= 0.6 is 0 Å². The molecule has 162 valence electrons. The second-order valence-electron chi connectivity index (χ2n) is 6.52.